The van der Waals surface area contributed by atoms with Crippen LogP contribution in [0.4, 0.5) is 4.79 Å². The highest BCUT2D eigenvalue weighted by Crippen LogP contribution is 2.21. The molecule has 2 amide bonds. The lowest BCUT2D eigenvalue weighted by Gasteiger charge is -2.34. The molecule has 0 bridgehead atoms. The molecule has 1 N–H and O–H groups in total. The second kappa shape index (κ2) is 25.5. The molecule has 2 aromatic rings. The minimum absolute atomic E-state index is 0. The van der Waals surface area contributed by atoms with Crippen molar-refractivity contribution in [2.45, 2.75) is 129 Å². The lowest BCUT2D eigenvalue weighted by Crippen LogP contribution is -2.48. The van der Waals surface area contributed by atoms with Crippen LogP contribution in [0.2, 0.25) is 0 Å². The fourth-order valence-electron chi connectivity index (χ4n) is 6.21. The van der Waals surface area contributed by atoms with Gasteiger partial charge >= 0.3 is 6.09 Å². The van der Waals surface area contributed by atoms with Gasteiger partial charge < -0.3 is 15.0 Å². The molecule has 1 aliphatic heterocycles. The summed E-state index contributed by atoms with van der Waals surface area (Å²) in [7, 11) is 0. The van der Waals surface area contributed by atoms with Gasteiger partial charge in [-0.25, -0.2) is 4.79 Å². The second-order valence-corrected chi connectivity index (χ2v) is 12.9. The minimum atomic E-state index is -0.413. The summed E-state index contributed by atoms with van der Waals surface area (Å²) in [6.45, 7) is 7.13. The highest BCUT2D eigenvalue weighted by Gasteiger charge is 2.21. The molecule has 0 saturated carbocycles. The van der Waals surface area contributed by atoms with Crippen LogP contribution >= 0.6 is 12.4 Å². The number of unbranched alkanes of at least 4 members (excludes halogenated alkanes) is 15. The number of halogens is 1. The van der Waals surface area contributed by atoms with E-state index in [-0.39, 0.29) is 18.3 Å². The third kappa shape index (κ3) is 17.4. The van der Waals surface area contributed by atoms with Crippen molar-refractivity contribution < 1.29 is 14.3 Å². The summed E-state index contributed by atoms with van der Waals surface area (Å²) in [5, 5.41) is 2.90. The lowest BCUT2D eigenvalue weighted by atomic mass is 10.0. The Morgan fingerprint density at radius 1 is 0.674 bits per heavy atom. The van der Waals surface area contributed by atoms with Crippen molar-refractivity contribution in [1.29, 1.82) is 0 Å². The highest BCUT2D eigenvalue weighted by molar-refractivity contribution is 5.85. The van der Waals surface area contributed by atoms with Gasteiger partial charge in [0.2, 0.25) is 5.91 Å². The smallest absolute Gasteiger partial charge is 0.410 e. The minimum Gasteiger partial charge on any atom is -0.410 e. The van der Waals surface area contributed by atoms with Crippen molar-refractivity contribution >= 4 is 24.4 Å². The summed E-state index contributed by atoms with van der Waals surface area (Å²) in [5.74, 6) is 0.708. The Morgan fingerprint density at radius 2 is 1.20 bits per heavy atom. The van der Waals surface area contributed by atoms with Gasteiger partial charge in [0, 0.05) is 45.7 Å². The van der Waals surface area contributed by atoms with Gasteiger partial charge in [-0.1, -0.05) is 152 Å². The molecule has 0 aliphatic carbocycles. The average molecular weight is 656 g/mol. The summed E-state index contributed by atoms with van der Waals surface area (Å²) in [4.78, 5) is 29.8. The number of benzene rings is 2. The molecule has 46 heavy (non-hydrogen) atoms. The molecule has 1 fully saturated rings. The molecule has 0 radical (unpaired) electrons. The maximum Gasteiger partial charge on any atom is 0.412 e. The molecule has 0 atom stereocenters. The fourth-order valence-corrected chi connectivity index (χ4v) is 6.21. The number of aryl methyl sites for hydroxylation is 1. The van der Waals surface area contributed by atoms with Crippen molar-refractivity contribution in [3.8, 4) is 5.75 Å². The number of hydrogen-bond donors (Lipinski definition) is 1. The summed E-state index contributed by atoms with van der Waals surface area (Å²) in [6, 6.07) is 18.1. The van der Waals surface area contributed by atoms with E-state index in [9.17, 15) is 9.59 Å². The standard InChI is InChI=1S/C39H61N3O3.ClH/c1-2-3-4-5-6-7-8-9-10-11-12-13-14-15-16-22-29-40-39(44)45-37-26-21-20-25-36(37)27-28-38(43)42-32-30-41(31-33-42)34-35-23-18-17-19-24-35;/h17-21,23-26H,2-16,22,27-34H2,1H3,(H,40,44);1H. The summed E-state index contributed by atoms with van der Waals surface area (Å²) < 4.78 is 5.64. The fraction of sp³-hybridized carbons (Fsp3) is 0.641. The van der Waals surface area contributed by atoms with Crippen LogP contribution in [0.3, 0.4) is 0 Å². The second-order valence-electron chi connectivity index (χ2n) is 12.9. The van der Waals surface area contributed by atoms with Crippen molar-refractivity contribution in [2.75, 3.05) is 32.7 Å². The van der Waals surface area contributed by atoms with Crippen molar-refractivity contribution in [3.63, 3.8) is 0 Å². The molecular formula is C39H62ClN3O3. The number of carbonyl (C=O) groups is 2. The van der Waals surface area contributed by atoms with E-state index in [1.165, 1.54) is 95.5 Å². The van der Waals surface area contributed by atoms with Crippen LogP contribution in [0, 0.1) is 0 Å². The van der Waals surface area contributed by atoms with Crippen LogP contribution in [0.5, 0.6) is 5.75 Å². The number of hydrogen-bond acceptors (Lipinski definition) is 4. The van der Waals surface area contributed by atoms with E-state index in [2.05, 4.69) is 41.4 Å². The van der Waals surface area contributed by atoms with Crippen LogP contribution in [-0.4, -0.2) is 54.5 Å². The molecule has 1 aliphatic rings. The normalized spacial score (nSPS) is 13.3. The number of rotatable bonds is 23. The third-order valence-corrected chi connectivity index (χ3v) is 9.06. The van der Waals surface area contributed by atoms with Crippen molar-refractivity contribution in [3.05, 3.63) is 65.7 Å². The van der Waals surface area contributed by atoms with E-state index in [1.54, 1.807) is 0 Å². The number of nitrogens with zero attached hydrogens (tertiary/aromatic N) is 2. The van der Waals surface area contributed by atoms with Gasteiger partial charge in [-0.2, -0.15) is 0 Å². The Morgan fingerprint density at radius 3 is 1.78 bits per heavy atom. The topological polar surface area (TPSA) is 61.9 Å². The lowest BCUT2D eigenvalue weighted by molar-refractivity contribution is -0.133. The number of ether oxygens (including phenoxy) is 1. The zero-order valence-electron chi connectivity index (χ0n) is 28.7. The van der Waals surface area contributed by atoms with Crippen LogP contribution in [0.15, 0.2) is 54.6 Å². The van der Waals surface area contributed by atoms with Crippen molar-refractivity contribution in [1.82, 2.24) is 15.1 Å². The molecule has 0 unspecified atom stereocenters. The predicted octanol–water partition coefficient (Wildman–Crippen LogP) is 9.74. The Kier molecular flexibility index (Phi) is 22.0. The molecule has 2 aromatic carbocycles. The number of piperazine rings is 1. The van der Waals surface area contributed by atoms with Gasteiger partial charge in [0.05, 0.1) is 0 Å². The number of nitrogens with one attached hydrogen (secondary N) is 1. The molecule has 0 spiro atoms. The first kappa shape index (κ1) is 39.6. The SMILES string of the molecule is CCCCCCCCCCCCCCCCCCNC(=O)Oc1ccccc1CCC(=O)N1CCN(Cc2ccccc2)CC1.Cl. The number of para-hydroxylation sites is 1. The van der Waals surface area contributed by atoms with E-state index in [0.29, 0.717) is 25.1 Å². The van der Waals surface area contributed by atoms with Gasteiger partial charge in [0.25, 0.3) is 0 Å². The summed E-state index contributed by atoms with van der Waals surface area (Å²) in [6.07, 6.45) is 21.9. The number of carbonyl (C=O) groups excluding carboxylic acids is 2. The molecule has 1 saturated heterocycles. The Bertz CT molecular complexity index is 1060. The maximum atomic E-state index is 12.9. The first-order chi connectivity index (χ1) is 22.2. The van der Waals surface area contributed by atoms with Gasteiger partial charge in [-0.05, 0) is 30.0 Å². The zero-order chi connectivity index (χ0) is 31.8. The molecule has 7 heteroatoms. The first-order valence-corrected chi connectivity index (χ1v) is 18.2. The van der Waals surface area contributed by atoms with E-state index in [0.717, 1.165) is 51.1 Å². The van der Waals surface area contributed by atoms with Gasteiger partial charge in [0.15, 0.2) is 0 Å². The molecular weight excluding hydrogens is 594 g/mol. The maximum absolute atomic E-state index is 12.9. The van der Waals surface area contributed by atoms with E-state index < -0.39 is 6.09 Å². The highest BCUT2D eigenvalue weighted by atomic mass is 35.5. The average Bonchev–Trinajstić information content (AvgIpc) is 3.06. The largest absolute Gasteiger partial charge is 0.412 e. The molecule has 6 nitrogen and oxygen atoms in total. The van der Waals surface area contributed by atoms with Crippen LogP contribution in [0.25, 0.3) is 0 Å². The van der Waals surface area contributed by atoms with E-state index in [4.69, 9.17) is 4.74 Å². The molecule has 258 valence electrons. The molecule has 0 aromatic heterocycles. The zero-order valence-corrected chi connectivity index (χ0v) is 29.5. The van der Waals surface area contributed by atoms with Gasteiger partial charge in [0.1, 0.15) is 5.75 Å². The summed E-state index contributed by atoms with van der Waals surface area (Å²) >= 11 is 0. The van der Waals surface area contributed by atoms with Crippen LogP contribution in [-0.2, 0) is 17.8 Å². The first-order valence-electron chi connectivity index (χ1n) is 18.2. The summed E-state index contributed by atoms with van der Waals surface area (Å²) in [5.41, 5.74) is 2.20. The third-order valence-electron chi connectivity index (χ3n) is 9.06. The van der Waals surface area contributed by atoms with Gasteiger partial charge in [-0.15, -0.1) is 12.4 Å². The molecule has 1 heterocycles. The van der Waals surface area contributed by atoms with Crippen LogP contribution < -0.4 is 10.1 Å². The van der Waals surface area contributed by atoms with Crippen LogP contribution in [0.1, 0.15) is 127 Å². The van der Waals surface area contributed by atoms with E-state index >= 15 is 0 Å². The van der Waals surface area contributed by atoms with E-state index in [1.807, 2.05) is 35.2 Å². The molecule has 3 rings (SSSR count). The predicted molar refractivity (Wildman–Crippen MR) is 194 cm³/mol. The quantitative estimate of drug-likeness (QED) is 0.121. The Hall–Kier alpha value is -2.57. The Balaban J connectivity index is 0.00000736. The number of amides is 2. The monoisotopic (exact) mass is 655 g/mol. The Labute approximate surface area is 286 Å². The van der Waals surface area contributed by atoms with Crippen molar-refractivity contribution in [2.24, 2.45) is 0 Å². The van der Waals surface area contributed by atoms with Gasteiger partial charge in [-0.3, -0.25) is 9.69 Å².